The molecule has 0 saturated heterocycles. The van der Waals surface area contributed by atoms with E-state index < -0.39 is 15.4 Å². The van der Waals surface area contributed by atoms with Crippen molar-refractivity contribution in [3.8, 4) is 0 Å². The first-order valence-corrected chi connectivity index (χ1v) is 14.6. The molecule has 0 N–H and O–H groups in total. The molecule has 0 aliphatic carbocycles. The molecule has 0 fully saturated rings. The van der Waals surface area contributed by atoms with Crippen molar-refractivity contribution >= 4 is 26.3 Å². The molecule has 0 atom stereocenters. The maximum Gasteiger partial charge on any atom is 0.269 e. The Morgan fingerprint density at radius 1 is 0.957 bits per heavy atom. The molecule has 0 unspecified atom stereocenters. The molecule has 0 heterocycles. The molecule has 0 aromatic heterocycles. The van der Waals surface area contributed by atoms with Gasteiger partial charge in [0.05, 0.1) is 11.5 Å². The van der Waals surface area contributed by atoms with Crippen LogP contribution in [0.2, 0.25) is 26.2 Å². The van der Waals surface area contributed by atoms with Crippen LogP contribution in [0, 0.1) is 10.1 Å². The molecule has 0 bridgehead atoms. The summed E-state index contributed by atoms with van der Waals surface area (Å²) < 4.78 is 6.37. The summed E-state index contributed by atoms with van der Waals surface area (Å²) in [6.07, 6.45) is 0. The summed E-state index contributed by atoms with van der Waals surface area (Å²) >= 11 is 0. The number of nitro groups is 1. The molecular formula is C17H23NO3Si2. The van der Waals surface area contributed by atoms with Crippen LogP contribution < -0.4 is 5.19 Å². The Hall–Kier alpha value is -1.77. The zero-order valence-corrected chi connectivity index (χ0v) is 16.1. The summed E-state index contributed by atoms with van der Waals surface area (Å²) in [5, 5.41) is 12.1. The SMILES string of the molecule is C[Si](C)(OCc1ccc([N+](=O)[O-])cc1)[Si](C)(C)c1ccccc1. The molecule has 23 heavy (non-hydrogen) atoms. The van der Waals surface area contributed by atoms with Gasteiger partial charge in [-0.15, -0.1) is 0 Å². The molecule has 0 aliphatic rings. The van der Waals surface area contributed by atoms with Gasteiger partial charge in [0.2, 0.25) is 0 Å². The highest BCUT2D eigenvalue weighted by Gasteiger charge is 2.44. The number of rotatable bonds is 6. The minimum absolute atomic E-state index is 0.115. The normalized spacial score (nSPS) is 12.2. The summed E-state index contributed by atoms with van der Waals surface area (Å²) in [5.74, 6) is 0. The average Bonchev–Trinajstić information content (AvgIpc) is 2.54. The number of nitrogens with zero attached hydrogens (tertiary/aromatic N) is 1. The predicted octanol–water partition coefficient (Wildman–Crippen LogP) is 4.01. The van der Waals surface area contributed by atoms with E-state index in [-0.39, 0.29) is 10.6 Å². The van der Waals surface area contributed by atoms with E-state index in [1.165, 1.54) is 17.3 Å². The van der Waals surface area contributed by atoms with Crippen LogP contribution in [0.5, 0.6) is 0 Å². The Morgan fingerprint density at radius 2 is 1.52 bits per heavy atom. The highest BCUT2D eigenvalue weighted by Crippen LogP contribution is 2.22. The predicted molar refractivity (Wildman–Crippen MR) is 98.9 cm³/mol. The van der Waals surface area contributed by atoms with E-state index in [1.54, 1.807) is 12.1 Å². The molecule has 4 nitrogen and oxygen atoms in total. The van der Waals surface area contributed by atoms with Crippen LogP contribution in [0.25, 0.3) is 0 Å². The quantitative estimate of drug-likeness (QED) is 0.451. The molecule has 0 saturated carbocycles. The van der Waals surface area contributed by atoms with Gasteiger partial charge in [0, 0.05) is 12.1 Å². The highest BCUT2D eigenvalue weighted by atomic mass is 29.3. The summed E-state index contributed by atoms with van der Waals surface area (Å²) in [6, 6.07) is 17.3. The standard InChI is InChI=1S/C17H23NO3Si2/c1-22(2,17-8-6-5-7-9-17)23(3,4)21-14-15-10-12-16(13-11-15)18(19)20/h5-13H,14H2,1-4H3. The van der Waals surface area contributed by atoms with Crippen molar-refractivity contribution in [1.82, 2.24) is 0 Å². The number of hydrogen-bond acceptors (Lipinski definition) is 3. The first kappa shape index (κ1) is 17.6. The van der Waals surface area contributed by atoms with Crippen molar-refractivity contribution in [2.24, 2.45) is 0 Å². The second kappa shape index (κ2) is 6.78. The van der Waals surface area contributed by atoms with E-state index in [0.717, 1.165) is 5.56 Å². The molecule has 2 rings (SSSR count). The molecule has 0 spiro atoms. The lowest BCUT2D eigenvalue weighted by molar-refractivity contribution is -0.384. The molecule has 0 aliphatic heterocycles. The van der Waals surface area contributed by atoms with E-state index in [0.29, 0.717) is 6.61 Å². The number of hydrogen-bond donors (Lipinski definition) is 0. The van der Waals surface area contributed by atoms with Crippen LogP contribution in [0.3, 0.4) is 0 Å². The Bertz CT molecular complexity index is 670. The molecule has 2 aromatic carbocycles. The van der Waals surface area contributed by atoms with E-state index in [2.05, 4.69) is 50.5 Å². The number of non-ortho nitro benzene ring substituents is 1. The summed E-state index contributed by atoms with van der Waals surface area (Å²) in [6.45, 7) is 9.80. The third-order valence-corrected chi connectivity index (χ3v) is 20.7. The molecule has 0 amide bonds. The lowest BCUT2D eigenvalue weighted by Gasteiger charge is -2.38. The first-order valence-electron chi connectivity index (χ1n) is 7.67. The molecule has 2 aromatic rings. The Morgan fingerprint density at radius 3 is 2.04 bits per heavy atom. The number of nitro benzene ring substituents is 1. The van der Waals surface area contributed by atoms with Crippen LogP contribution in [0.1, 0.15) is 5.56 Å². The Kier molecular flexibility index (Phi) is 5.18. The average molecular weight is 346 g/mol. The zero-order valence-electron chi connectivity index (χ0n) is 14.1. The fourth-order valence-corrected chi connectivity index (χ4v) is 8.85. The van der Waals surface area contributed by atoms with E-state index >= 15 is 0 Å². The van der Waals surface area contributed by atoms with Crippen molar-refractivity contribution in [3.05, 3.63) is 70.3 Å². The van der Waals surface area contributed by atoms with Crippen LogP contribution >= 0.6 is 0 Å². The van der Waals surface area contributed by atoms with Gasteiger partial charge >= 0.3 is 0 Å². The van der Waals surface area contributed by atoms with Crippen LogP contribution in [0.15, 0.2) is 54.6 Å². The second-order valence-electron chi connectivity index (χ2n) is 6.71. The fourth-order valence-electron chi connectivity index (χ4n) is 2.36. The zero-order chi connectivity index (χ0) is 17.1. The summed E-state index contributed by atoms with van der Waals surface area (Å²) in [5.41, 5.74) is 1.10. The van der Waals surface area contributed by atoms with Gasteiger partial charge in [0.25, 0.3) is 5.69 Å². The molecule has 122 valence electrons. The van der Waals surface area contributed by atoms with Crippen LogP contribution in [-0.4, -0.2) is 20.3 Å². The molecule has 0 radical (unpaired) electrons. The number of benzene rings is 2. The van der Waals surface area contributed by atoms with Crippen molar-refractivity contribution in [2.45, 2.75) is 32.8 Å². The lowest BCUT2D eigenvalue weighted by Crippen LogP contribution is -2.64. The topological polar surface area (TPSA) is 52.4 Å². The van der Waals surface area contributed by atoms with Gasteiger partial charge in [-0.1, -0.05) is 48.6 Å². The van der Waals surface area contributed by atoms with E-state index in [9.17, 15) is 10.1 Å². The summed E-state index contributed by atoms with van der Waals surface area (Å²) in [7, 11) is -3.57. The minimum Gasteiger partial charge on any atom is -0.415 e. The highest BCUT2D eigenvalue weighted by molar-refractivity contribution is 7.43. The first-order chi connectivity index (χ1) is 10.7. The third-order valence-electron chi connectivity index (χ3n) is 4.75. The van der Waals surface area contributed by atoms with Gasteiger partial charge in [-0.25, -0.2) is 0 Å². The molecule has 6 heteroatoms. The lowest BCUT2D eigenvalue weighted by atomic mass is 10.2. The minimum atomic E-state index is -1.88. The Labute approximate surface area is 139 Å². The van der Waals surface area contributed by atoms with Gasteiger partial charge in [-0.05, 0) is 30.8 Å². The maximum atomic E-state index is 10.7. The van der Waals surface area contributed by atoms with Gasteiger partial charge in [0.15, 0.2) is 7.83 Å². The second-order valence-corrected chi connectivity index (χ2v) is 21.2. The van der Waals surface area contributed by atoms with E-state index in [1.807, 2.05) is 6.07 Å². The van der Waals surface area contributed by atoms with E-state index in [4.69, 9.17) is 4.43 Å². The van der Waals surface area contributed by atoms with Crippen molar-refractivity contribution in [2.75, 3.05) is 0 Å². The molecular weight excluding hydrogens is 322 g/mol. The summed E-state index contributed by atoms with van der Waals surface area (Å²) in [4.78, 5) is 10.3. The van der Waals surface area contributed by atoms with Crippen LogP contribution in [-0.2, 0) is 11.0 Å². The smallest absolute Gasteiger partial charge is 0.269 e. The fraction of sp³-hybridized carbons (Fsp3) is 0.294. The van der Waals surface area contributed by atoms with Crippen molar-refractivity contribution in [3.63, 3.8) is 0 Å². The van der Waals surface area contributed by atoms with Crippen molar-refractivity contribution < 1.29 is 9.35 Å². The Balaban J connectivity index is 2.10. The maximum absolute atomic E-state index is 10.7. The van der Waals surface area contributed by atoms with Gasteiger partial charge in [-0.2, -0.15) is 0 Å². The monoisotopic (exact) mass is 345 g/mol. The largest absolute Gasteiger partial charge is 0.415 e. The third kappa shape index (κ3) is 3.96. The van der Waals surface area contributed by atoms with Gasteiger partial charge < -0.3 is 4.43 Å². The van der Waals surface area contributed by atoms with Crippen molar-refractivity contribution in [1.29, 1.82) is 0 Å². The van der Waals surface area contributed by atoms with Crippen LogP contribution in [0.4, 0.5) is 5.69 Å². The van der Waals surface area contributed by atoms with Gasteiger partial charge in [0.1, 0.15) is 7.59 Å². The van der Waals surface area contributed by atoms with Gasteiger partial charge in [-0.3, -0.25) is 10.1 Å².